The molecule has 0 aliphatic carbocycles. The summed E-state index contributed by atoms with van der Waals surface area (Å²) >= 11 is 0. The van der Waals surface area contributed by atoms with E-state index in [-0.39, 0.29) is 17.8 Å². The second-order valence-electron chi connectivity index (χ2n) is 7.02. The Morgan fingerprint density at radius 2 is 1.84 bits per heavy atom. The third kappa shape index (κ3) is 2.95. The fourth-order valence-corrected chi connectivity index (χ4v) is 4.27. The van der Waals surface area contributed by atoms with Gasteiger partial charge in [0.15, 0.2) is 0 Å². The van der Waals surface area contributed by atoms with Crippen LogP contribution >= 0.6 is 0 Å². The average molecular weight is 342 g/mol. The Morgan fingerprint density at radius 1 is 1.12 bits per heavy atom. The molecule has 2 aliphatic heterocycles. The fraction of sp³-hybridized carbons (Fsp3) is 0.474. The molecule has 1 amide bonds. The van der Waals surface area contributed by atoms with Crippen molar-refractivity contribution in [2.45, 2.75) is 37.8 Å². The van der Waals surface area contributed by atoms with E-state index in [1.54, 1.807) is 29.2 Å². The first kappa shape index (κ1) is 16.3. The third-order valence-corrected chi connectivity index (χ3v) is 5.54. The van der Waals surface area contributed by atoms with E-state index < -0.39 is 0 Å². The van der Waals surface area contributed by atoms with Crippen molar-refractivity contribution in [2.75, 3.05) is 20.1 Å². The molecule has 0 bridgehead atoms. The van der Waals surface area contributed by atoms with Gasteiger partial charge in [0, 0.05) is 24.3 Å². The van der Waals surface area contributed by atoms with Crippen LogP contribution in [0.15, 0.2) is 36.8 Å². The smallest absolute Gasteiger partial charge is 0.272 e. The Kier molecular flexibility index (Phi) is 4.29. The summed E-state index contributed by atoms with van der Waals surface area (Å²) in [4.78, 5) is 21.8. The second kappa shape index (κ2) is 6.59. The SMILES string of the molecule is CN1CCCC1C1CCCN1C(=O)c1cncn1-c1ccc(F)cc1. The van der Waals surface area contributed by atoms with Gasteiger partial charge in [0.25, 0.3) is 5.91 Å². The van der Waals surface area contributed by atoms with E-state index in [0.717, 1.165) is 38.0 Å². The molecule has 1 aromatic carbocycles. The summed E-state index contributed by atoms with van der Waals surface area (Å²) < 4.78 is 14.9. The summed E-state index contributed by atoms with van der Waals surface area (Å²) in [6, 6.07) is 6.86. The first-order chi connectivity index (χ1) is 12.1. The molecule has 132 valence electrons. The van der Waals surface area contributed by atoms with E-state index in [2.05, 4.69) is 16.9 Å². The Balaban J connectivity index is 1.61. The van der Waals surface area contributed by atoms with Gasteiger partial charge >= 0.3 is 0 Å². The quantitative estimate of drug-likeness (QED) is 0.861. The van der Waals surface area contributed by atoms with Gasteiger partial charge in [-0.15, -0.1) is 0 Å². The zero-order chi connectivity index (χ0) is 17.4. The average Bonchev–Trinajstić information content (AvgIpc) is 3.34. The summed E-state index contributed by atoms with van der Waals surface area (Å²) in [5, 5.41) is 0. The lowest BCUT2D eigenvalue weighted by Gasteiger charge is -2.33. The number of imidazole rings is 1. The number of amides is 1. The van der Waals surface area contributed by atoms with Crippen LogP contribution in [0.25, 0.3) is 5.69 Å². The van der Waals surface area contributed by atoms with Crippen molar-refractivity contribution in [1.82, 2.24) is 19.4 Å². The maximum atomic E-state index is 13.2. The highest BCUT2D eigenvalue weighted by Crippen LogP contribution is 2.30. The number of halogens is 1. The fourth-order valence-electron chi connectivity index (χ4n) is 4.27. The number of aromatic nitrogens is 2. The molecule has 0 saturated carbocycles. The molecular weight excluding hydrogens is 319 g/mol. The number of nitrogens with zero attached hydrogens (tertiary/aromatic N) is 4. The molecule has 5 nitrogen and oxygen atoms in total. The van der Waals surface area contributed by atoms with Gasteiger partial charge in [-0.1, -0.05) is 0 Å². The van der Waals surface area contributed by atoms with Gasteiger partial charge in [-0.25, -0.2) is 9.37 Å². The molecule has 2 fully saturated rings. The molecule has 2 saturated heterocycles. The van der Waals surface area contributed by atoms with Crippen molar-refractivity contribution >= 4 is 5.91 Å². The number of hydrogen-bond donors (Lipinski definition) is 0. The lowest BCUT2D eigenvalue weighted by molar-refractivity contribution is 0.0656. The van der Waals surface area contributed by atoms with E-state index in [4.69, 9.17) is 0 Å². The maximum Gasteiger partial charge on any atom is 0.272 e. The van der Waals surface area contributed by atoms with Crippen molar-refractivity contribution in [3.8, 4) is 5.69 Å². The third-order valence-electron chi connectivity index (χ3n) is 5.54. The predicted molar refractivity (Wildman–Crippen MR) is 93.2 cm³/mol. The Hall–Kier alpha value is -2.21. The number of benzene rings is 1. The minimum absolute atomic E-state index is 0.0182. The first-order valence-corrected chi connectivity index (χ1v) is 8.94. The molecule has 25 heavy (non-hydrogen) atoms. The molecule has 6 heteroatoms. The largest absolute Gasteiger partial charge is 0.333 e. The van der Waals surface area contributed by atoms with Gasteiger partial charge in [-0.3, -0.25) is 9.36 Å². The van der Waals surface area contributed by atoms with Gasteiger partial charge in [0.2, 0.25) is 0 Å². The van der Waals surface area contributed by atoms with E-state index in [0.29, 0.717) is 11.7 Å². The zero-order valence-corrected chi connectivity index (χ0v) is 14.4. The number of likely N-dealkylation sites (N-methyl/N-ethyl adjacent to an activating group) is 1. The maximum absolute atomic E-state index is 13.2. The van der Waals surface area contributed by atoms with Crippen molar-refractivity contribution in [3.63, 3.8) is 0 Å². The van der Waals surface area contributed by atoms with Crippen molar-refractivity contribution in [3.05, 3.63) is 48.3 Å². The molecule has 2 aliphatic rings. The summed E-state index contributed by atoms with van der Waals surface area (Å²) in [5.41, 5.74) is 1.29. The molecule has 3 heterocycles. The number of rotatable bonds is 3. The minimum Gasteiger partial charge on any atom is -0.333 e. The molecule has 1 aromatic heterocycles. The highest BCUT2D eigenvalue weighted by Gasteiger charge is 2.39. The van der Waals surface area contributed by atoms with Gasteiger partial charge in [-0.05, 0) is 63.5 Å². The Bertz CT molecular complexity index is 757. The summed E-state index contributed by atoms with van der Waals surface area (Å²) in [6.07, 6.45) is 7.69. The van der Waals surface area contributed by atoms with Crippen molar-refractivity contribution < 1.29 is 9.18 Å². The Morgan fingerprint density at radius 3 is 2.56 bits per heavy atom. The highest BCUT2D eigenvalue weighted by atomic mass is 19.1. The van der Waals surface area contributed by atoms with E-state index in [1.165, 1.54) is 18.6 Å². The molecule has 2 unspecified atom stereocenters. The zero-order valence-electron chi connectivity index (χ0n) is 14.4. The topological polar surface area (TPSA) is 41.4 Å². The van der Waals surface area contributed by atoms with Crippen LogP contribution in [0.2, 0.25) is 0 Å². The highest BCUT2D eigenvalue weighted by molar-refractivity contribution is 5.93. The number of carbonyl (C=O) groups is 1. The van der Waals surface area contributed by atoms with Crippen LogP contribution in [0.3, 0.4) is 0 Å². The van der Waals surface area contributed by atoms with E-state index in [1.807, 2.05) is 4.90 Å². The standard InChI is InChI=1S/C19H23FN4O/c1-22-10-2-4-16(22)17-5-3-11-23(17)19(25)18-12-21-13-24(18)15-8-6-14(20)7-9-15/h6-9,12-13,16-17H,2-5,10-11H2,1H3. The van der Waals surface area contributed by atoms with E-state index in [9.17, 15) is 9.18 Å². The van der Waals surface area contributed by atoms with Crippen LogP contribution in [0.5, 0.6) is 0 Å². The lowest BCUT2D eigenvalue weighted by atomic mass is 10.0. The van der Waals surface area contributed by atoms with Crippen molar-refractivity contribution in [1.29, 1.82) is 0 Å². The van der Waals surface area contributed by atoms with Crippen LogP contribution in [-0.2, 0) is 0 Å². The first-order valence-electron chi connectivity index (χ1n) is 8.94. The summed E-state index contributed by atoms with van der Waals surface area (Å²) in [5.74, 6) is -0.273. The second-order valence-corrected chi connectivity index (χ2v) is 7.02. The number of likely N-dealkylation sites (tertiary alicyclic amines) is 2. The van der Waals surface area contributed by atoms with Gasteiger partial charge in [0.1, 0.15) is 11.5 Å². The van der Waals surface area contributed by atoms with Crippen LogP contribution in [0.1, 0.15) is 36.2 Å². The normalized spacial score (nSPS) is 24.2. The minimum atomic E-state index is -0.291. The molecule has 0 N–H and O–H groups in total. The summed E-state index contributed by atoms with van der Waals surface area (Å²) in [6.45, 7) is 1.90. The molecular formula is C19H23FN4O. The van der Waals surface area contributed by atoms with Gasteiger partial charge in [-0.2, -0.15) is 0 Å². The van der Waals surface area contributed by atoms with Crippen LogP contribution < -0.4 is 0 Å². The van der Waals surface area contributed by atoms with Crippen molar-refractivity contribution in [2.24, 2.45) is 0 Å². The molecule has 2 atom stereocenters. The number of carbonyl (C=O) groups excluding carboxylic acids is 1. The van der Waals surface area contributed by atoms with Crippen LogP contribution in [0.4, 0.5) is 4.39 Å². The van der Waals surface area contributed by atoms with Gasteiger partial charge < -0.3 is 9.80 Å². The van der Waals surface area contributed by atoms with Gasteiger partial charge in [0.05, 0.1) is 12.5 Å². The molecule has 4 rings (SSSR count). The monoisotopic (exact) mass is 342 g/mol. The Labute approximate surface area is 147 Å². The lowest BCUT2D eigenvalue weighted by Crippen LogP contribution is -2.47. The molecule has 2 aromatic rings. The summed E-state index contributed by atoms with van der Waals surface area (Å²) in [7, 11) is 2.15. The van der Waals surface area contributed by atoms with Crippen LogP contribution in [0, 0.1) is 5.82 Å². The predicted octanol–water partition coefficient (Wildman–Crippen LogP) is 2.71. The molecule has 0 spiro atoms. The van der Waals surface area contributed by atoms with Crippen LogP contribution in [-0.4, -0.2) is 57.5 Å². The number of hydrogen-bond acceptors (Lipinski definition) is 3. The van der Waals surface area contributed by atoms with E-state index >= 15 is 0 Å². The molecule has 0 radical (unpaired) electrons.